The van der Waals surface area contributed by atoms with E-state index in [2.05, 4.69) is 67.6 Å². The highest BCUT2D eigenvalue weighted by molar-refractivity contribution is 5.15. The first-order valence-corrected chi connectivity index (χ1v) is 11.9. The van der Waals surface area contributed by atoms with Crippen molar-refractivity contribution < 1.29 is 0 Å². The second-order valence-corrected chi connectivity index (χ2v) is 7.28. The first-order chi connectivity index (χ1) is 13.8. The average Bonchev–Trinajstić information content (AvgIpc) is 2.77. The first-order valence-electron chi connectivity index (χ1n) is 11.9. The molecule has 0 aromatic heterocycles. The van der Waals surface area contributed by atoms with E-state index >= 15 is 0 Å². The van der Waals surface area contributed by atoms with Crippen molar-refractivity contribution >= 4 is 0 Å². The number of rotatable bonds is 12. The predicted octanol–water partition coefficient (Wildman–Crippen LogP) is 9.92. The van der Waals surface area contributed by atoms with Gasteiger partial charge in [-0.3, -0.25) is 0 Å². The second-order valence-electron chi connectivity index (χ2n) is 7.28. The minimum absolute atomic E-state index is 0. The maximum Gasteiger partial charge on any atom is -0.0279 e. The third-order valence-corrected chi connectivity index (χ3v) is 5.01. The molecule has 0 atom stereocenters. The van der Waals surface area contributed by atoms with Gasteiger partial charge in [-0.1, -0.05) is 141 Å². The van der Waals surface area contributed by atoms with Gasteiger partial charge < -0.3 is 0 Å². The van der Waals surface area contributed by atoms with Gasteiger partial charge in [-0.05, 0) is 42.7 Å². The van der Waals surface area contributed by atoms with Crippen LogP contribution in [0.1, 0.15) is 105 Å². The van der Waals surface area contributed by atoms with Crippen LogP contribution in [-0.2, 0) is 12.8 Å². The molecule has 0 heterocycles. The smallest absolute Gasteiger partial charge is 0.0279 e. The Labute approximate surface area is 184 Å². The maximum atomic E-state index is 2.44. The molecule has 0 saturated carbocycles. The summed E-state index contributed by atoms with van der Waals surface area (Å²) in [4.78, 5) is 0. The fraction of sp³-hybridized carbons (Fsp3) is 0.586. The summed E-state index contributed by atoms with van der Waals surface area (Å²) >= 11 is 0. The number of hydrogen-bond acceptors (Lipinski definition) is 0. The van der Waals surface area contributed by atoms with Gasteiger partial charge >= 0.3 is 0 Å². The molecule has 2 rings (SSSR count). The van der Waals surface area contributed by atoms with Gasteiger partial charge in [0.15, 0.2) is 0 Å². The van der Waals surface area contributed by atoms with Crippen LogP contribution in [0.5, 0.6) is 0 Å². The maximum absolute atomic E-state index is 2.44. The minimum atomic E-state index is 0. The lowest BCUT2D eigenvalue weighted by Crippen LogP contribution is -1.96. The third kappa shape index (κ3) is 17.0. The van der Waals surface area contributed by atoms with Crippen LogP contribution in [0.4, 0.5) is 0 Å². The van der Waals surface area contributed by atoms with Crippen LogP contribution in [0.3, 0.4) is 0 Å². The Bertz CT molecular complexity index is 465. The van der Waals surface area contributed by atoms with Crippen LogP contribution in [-0.4, -0.2) is 0 Å². The zero-order valence-electron chi connectivity index (χ0n) is 19.4. The number of hydrogen-bond donors (Lipinski definition) is 0. The van der Waals surface area contributed by atoms with Gasteiger partial charge in [0.1, 0.15) is 0 Å². The Morgan fingerprint density at radius 3 is 1.21 bits per heavy atom. The van der Waals surface area contributed by atoms with E-state index in [0.29, 0.717) is 0 Å². The van der Waals surface area contributed by atoms with Crippen LogP contribution in [0.15, 0.2) is 60.7 Å². The fourth-order valence-corrected chi connectivity index (χ4v) is 3.43. The molecule has 0 aliphatic heterocycles. The van der Waals surface area contributed by atoms with Gasteiger partial charge in [-0.25, -0.2) is 0 Å². The van der Waals surface area contributed by atoms with E-state index in [-0.39, 0.29) is 7.43 Å². The van der Waals surface area contributed by atoms with Crippen molar-refractivity contribution in [1.29, 1.82) is 0 Å². The number of unbranched alkanes of at least 4 members (excludes halogenated alkanes) is 4. The molecule has 0 N–H and O–H groups in total. The summed E-state index contributed by atoms with van der Waals surface area (Å²) in [5, 5.41) is 0. The molecule has 0 nitrogen and oxygen atoms in total. The molecule has 0 amide bonds. The number of aryl methyl sites for hydroxylation is 2. The second kappa shape index (κ2) is 22.7. The molecular formula is C29H50. The van der Waals surface area contributed by atoms with E-state index in [1.807, 2.05) is 27.7 Å². The van der Waals surface area contributed by atoms with Gasteiger partial charge in [-0.15, -0.1) is 0 Å². The van der Waals surface area contributed by atoms with Crippen LogP contribution in [0.25, 0.3) is 0 Å². The highest BCUT2D eigenvalue weighted by Crippen LogP contribution is 2.18. The lowest BCUT2D eigenvalue weighted by molar-refractivity contribution is 0.438. The summed E-state index contributed by atoms with van der Waals surface area (Å²) in [5.41, 5.74) is 2.98. The summed E-state index contributed by atoms with van der Waals surface area (Å²) in [5.74, 6) is 0.901. The average molecular weight is 399 g/mol. The zero-order valence-corrected chi connectivity index (χ0v) is 19.4. The van der Waals surface area contributed by atoms with Gasteiger partial charge in [0, 0.05) is 0 Å². The van der Waals surface area contributed by atoms with Crippen molar-refractivity contribution in [2.75, 3.05) is 0 Å². The van der Waals surface area contributed by atoms with E-state index < -0.39 is 0 Å². The quantitative estimate of drug-likeness (QED) is 0.312. The summed E-state index contributed by atoms with van der Waals surface area (Å²) in [6.45, 7) is 10.4. The largest absolute Gasteiger partial charge is 0.0776 e. The van der Waals surface area contributed by atoms with Gasteiger partial charge in [-0.2, -0.15) is 0 Å². The molecule has 0 radical (unpaired) electrons. The molecule has 0 aliphatic rings. The van der Waals surface area contributed by atoms with Crippen molar-refractivity contribution in [2.24, 2.45) is 5.92 Å². The third-order valence-electron chi connectivity index (χ3n) is 5.01. The molecule has 2 aromatic carbocycles. The normalized spacial score (nSPS) is 9.59. The lowest BCUT2D eigenvalue weighted by Gasteiger charge is -2.11. The molecule has 29 heavy (non-hydrogen) atoms. The van der Waals surface area contributed by atoms with E-state index in [4.69, 9.17) is 0 Å². The Morgan fingerprint density at radius 2 is 0.862 bits per heavy atom. The van der Waals surface area contributed by atoms with Crippen LogP contribution >= 0.6 is 0 Å². The van der Waals surface area contributed by atoms with Crippen molar-refractivity contribution in [3.8, 4) is 0 Å². The van der Waals surface area contributed by atoms with Crippen molar-refractivity contribution in [3.63, 3.8) is 0 Å². The summed E-state index contributed by atoms with van der Waals surface area (Å²) in [7, 11) is 0. The fourth-order valence-electron chi connectivity index (χ4n) is 3.43. The standard InChI is InChI=1S/C24H34.2C2H6.CH4/c1-22(14-6-2-8-16-23-18-10-4-11-19-23)15-7-3-9-17-24-20-12-5-13-21-24;2*1-2;/h4-5,10-13,18-22H,2-3,6-9,14-17H2,1H3;2*1-2H3;1H4. The highest BCUT2D eigenvalue weighted by Gasteiger charge is 2.02. The number of benzene rings is 2. The van der Waals surface area contributed by atoms with Crippen molar-refractivity contribution in [3.05, 3.63) is 71.8 Å². The molecular weight excluding hydrogens is 348 g/mol. The zero-order chi connectivity index (χ0) is 20.9. The summed E-state index contributed by atoms with van der Waals surface area (Å²) < 4.78 is 0. The minimum Gasteiger partial charge on any atom is -0.0776 e. The van der Waals surface area contributed by atoms with E-state index in [1.165, 1.54) is 75.3 Å². The molecule has 0 fully saturated rings. The van der Waals surface area contributed by atoms with Gasteiger partial charge in [0.2, 0.25) is 0 Å². The van der Waals surface area contributed by atoms with Crippen molar-refractivity contribution in [1.82, 2.24) is 0 Å². The SMILES string of the molecule is C.CC.CC.CC(CCCCCc1ccccc1)CCCCCc1ccccc1. The van der Waals surface area contributed by atoms with E-state index in [9.17, 15) is 0 Å². The Hall–Kier alpha value is -1.56. The molecule has 0 aliphatic carbocycles. The Morgan fingerprint density at radius 1 is 0.517 bits per heavy atom. The van der Waals surface area contributed by atoms with Gasteiger partial charge in [0.25, 0.3) is 0 Å². The van der Waals surface area contributed by atoms with E-state index in [0.717, 1.165) is 5.92 Å². The Kier molecular flexibility index (Phi) is 23.2. The molecule has 0 unspecified atom stereocenters. The van der Waals surface area contributed by atoms with Gasteiger partial charge in [0.05, 0.1) is 0 Å². The molecule has 0 heteroatoms. The molecule has 0 spiro atoms. The van der Waals surface area contributed by atoms with Crippen LogP contribution < -0.4 is 0 Å². The molecule has 166 valence electrons. The molecule has 0 bridgehead atoms. The highest BCUT2D eigenvalue weighted by atomic mass is 14.1. The van der Waals surface area contributed by atoms with Crippen molar-refractivity contribution in [2.45, 2.75) is 106 Å². The Balaban J connectivity index is 0. The lowest BCUT2D eigenvalue weighted by atomic mass is 9.95. The predicted molar refractivity (Wildman–Crippen MR) is 136 cm³/mol. The van der Waals surface area contributed by atoms with Crippen LogP contribution in [0, 0.1) is 5.92 Å². The summed E-state index contributed by atoms with van der Waals surface area (Å²) in [6, 6.07) is 21.8. The van der Waals surface area contributed by atoms with E-state index in [1.54, 1.807) is 0 Å². The molecule has 0 saturated heterocycles. The van der Waals surface area contributed by atoms with Crippen LogP contribution in [0.2, 0.25) is 0 Å². The first kappa shape index (κ1) is 29.6. The monoisotopic (exact) mass is 398 g/mol. The topological polar surface area (TPSA) is 0 Å². The summed E-state index contributed by atoms with van der Waals surface area (Å²) in [6.07, 6.45) is 13.6. The molecule has 2 aromatic rings.